The van der Waals surface area contributed by atoms with Crippen LogP contribution in [0.3, 0.4) is 0 Å². The molecule has 3 N–H and O–H groups in total. The van der Waals surface area contributed by atoms with E-state index >= 15 is 0 Å². The molecule has 0 aliphatic carbocycles. The van der Waals surface area contributed by atoms with Crippen molar-refractivity contribution in [2.75, 3.05) is 33.0 Å². The topological polar surface area (TPSA) is 132 Å². The fraction of sp³-hybridized carbons (Fsp3) is 0.674. The number of hydrogen-bond acceptors (Lipinski definition) is 8. The van der Waals surface area contributed by atoms with Gasteiger partial charge in [0.05, 0.1) is 26.4 Å². The summed E-state index contributed by atoms with van der Waals surface area (Å²) in [6.45, 7) is 3.23. The number of aliphatic hydroxyl groups excluding tert-OH is 2. The minimum atomic E-state index is -4.54. The van der Waals surface area contributed by atoms with E-state index < -0.39 is 45.8 Å². The Morgan fingerprint density at radius 1 is 0.571 bits per heavy atom. The van der Waals surface area contributed by atoms with Gasteiger partial charge in [-0.3, -0.25) is 13.8 Å². The predicted molar refractivity (Wildman–Crippen MR) is 232 cm³/mol. The third-order valence-corrected chi connectivity index (χ3v) is 9.52. The molecule has 0 saturated carbocycles. The molecule has 0 aliphatic heterocycles. The molecule has 0 heterocycles. The van der Waals surface area contributed by atoms with Crippen LogP contribution in [0.2, 0.25) is 0 Å². The number of phosphoric acid groups is 1. The summed E-state index contributed by atoms with van der Waals surface area (Å²) in [5.74, 6) is -0.410. The Hall–Kier alpha value is -2.36. The number of allylic oxidation sites excluding steroid dienone is 14. The van der Waals surface area contributed by atoms with E-state index in [0.29, 0.717) is 13.0 Å². The van der Waals surface area contributed by atoms with Gasteiger partial charge in [0.25, 0.3) is 0 Å². The second kappa shape index (κ2) is 42.3. The van der Waals surface area contributed by atoms with Crippen molar-refractivity contribution in [1.82, 2.24) is 0 Å². The summed E-state index contributed by atoms with van der Waals surface area (Å²) in [5, 5.41) is 18.3. The van der Waals surface area contributed by atoms with Crippen LogP contribution in [0.25, 0.3) is 0 Å². The van der Waals surface area contributed by atoms with Gasteiger partial charge in [-0.15, -0.1) is 0 Å². The fourth-order valence-corrected chi connectivity index (χ4v) is 6.08. The van der Waals surface area contributed by atoms with Gasteiger partial charge in [-0.2, -0.15) is 0 Å². The molecule has 56 heavy (non-hydrogen) atoms. The van der Waals surface area contributed by atoms with Crippen LogP contribution in [-0.4, -0.2) is 66.3 Å². The first-order chi connectivity index (χ1) is 27.3. The number of ether oxygens (including phenoxy) is 2. The molecule has 0 fully saturated rings. The first kappa shape index (κ1) is 53.6. The largest absolute Gasteiger partial charge is 0.472 e. The average Bonchev–Trinajstić information content (AvgIpc) is 3.19. The molecule has 322 valence electrons. The summed E-state index contributed by atoms with van der Waals surface area (Å²) in [6.07, 6.45) is 51.1. The van der Waals surface area contributed by atoms with Crippen LogP contribution < -0.4 is 0 Å². The first-order valence-corrected chi connectivity index (χ1v) is 23.1. The summed E-state index contributed by atoms with van der Waals surface area (Å²) in [6, 6.07) is 0. The van der Waals surface area contributed by atoms with Crippen LogP contribution in [0.15, 0.2) is 85.1 Å². The number of hydrogen-bond donors (Lipinski definition) is 3. The van der Waals surface area contributed by atoms with E-state index in [2.05, 4.69) is 98.9 Å². The van der Waals surface area contributed by atoms with Crippen molar-refractivity contribution in [3.8, 4) is 0 Å². The van der Waals surface area contributed by atoms with Crippen molar-refractivity contribution < 1.29 is 43.0 Å². The molecule has 0 rings (SSSR count). The van der Waals surface area contributed by atoms with Crippen LogP contribution in [-0.2, 0) is 27.9 Å². The van der Waals surface area contributed by atoms with Gasteiger partial charge in [0.15, 0.2) is 0 Å². The maximum Gasteiger partial charge on any atom is 0.472 e. The predicted octanol–water partition coefficient (Wildman–Crippen LogP) is 11.9. The monoisotopic (exact) mass is 807 g/mol. The number of esters is 1. The average molecular weight is 807 g/mol. The van der Waals surface area contributed by atoms with Crippen molar-refractivity contribution in [2.45, 2.75) is 167 Å². The number of carbonyl (C=O) groups is 1. The molecule has 0 radical (unpaired) electrons. The highest BCUT2D eigenvalue weighted by Crippen LogP contribution is 2.43. The van der Waals surface area contributed by atoms with E-state index in [-0.39, 0.29) is 13.0 Å². The van der Waals surface area contributed by atoms with Gasteiger partial charge in [0.1, 0.15) is 12.2 Å². The van der Waals surface area contributed by atoms with Crippen molar-refractivity contribution in [2.24, 2.45) is 0 Å². The van der Waals surface area contributed by atoms with E-state index in [1.54, 1.807) is 0 Å². The van der Waals surface area contributed by atoms with E-state index in [4.69, 9.17) is 23.6 Å². The van der Waals surface area contributed by atoms with E-state index in [0.717, 1.165) is 83.5 Å². The molecule has 0 saturated heterocycles. The number of phosphoric ester groups is 1. The maximum absolute atomic E-state index is 12.6. The molecule has 0 aromatic carbocycles. The highest BCUT2D eigenvalue weighted by atomic mass is 31.2. The van der Waals surface area contributed by atoms with Gasteiger partial charge in [-0.1, -0.05) is 144 Å². The quantitative estimate of drug-likeness (QED) is 0.0240. The van der Waals surface area contributed by atoms with E-state index in [1.807, 2.05) is 0 Å². The summed E-state index contributed by atoms with van der Waals surface area (Å²) in [7, 11) is -4.54. The lowest BCUT2D eigenvalue weighted by Crippen LogP contribution is -2.29. The maximum atomic E-state index is 12.6. The number of aliphatic hydroxyl groups is 2. The smallest absolute Gasteiger partial charge is 0.457 e. The minimum Gasteiger partial charge on any atom is -0.457 e. The number of rotatable bonds is 40. The SMILES string of the molecule is CC/C=C\C/C=C\C/C=C\C/C=C\C/C=C\CCCCOCC(COP(=O)(O)OCC(O)CO)OC(=O)CCCCCCCCC/C=C\C/C=C\CCCCC. The Morgan fingerprint density at radius 3 is 1.54 bits per heavy atom. The van der Waals surface area contributed by atoms with Crippen molar-refractivity contribution in [3.05, 3.63) is 85.1 Å². The molecule has 3 atom stereocenters. The number of unbranched alkanes of at least 4 members (excludes halogenated alkanes) is 12. The highest BCUT2D eigenvalue weighted by Gasteiger charge is 2.26. The molecular weight excluding hydrogens is 727 g/mol. The Kier molecular flexibility index (Phi) is 40.5. The highest BCUT2D eigenvalue weighted by molar-refractivity contribution is 7.47. The van der Waals surface area contributed by atoms with Gasteiger partial charge >= 0.3 is 13.8 Å². The Bertz CT molecular complexity index is 1140. The fourth-order valence-electron chi connectivity index (χ4n) is 5.29. The van der Waals surface area contributed by atoms with Gasteiger partial charge in [0.2, 0.25) is 0 Å². The molecule has 9 nitrogen and oxygen atoms in total. The molecule has 0 bridgehead atoms. The normalized spacial score (nSPS) is 14.9. The van der Waals surface area contributed by atoms with Gasteiger partial charge in [-0.25, -0.2) is 4.57 Å². The van der Waals surface area contributed by atoms with Gasteiger partial charge in [0, 0.05) is 13.0 Å². The van der Waals surface area contributed by atoms with E-state index in [1.165, 1.54) is 44.9 Å². The molecule has 3 unspecified atom stereocenters. The summed E-state index contributed by atoms with van der Waals surface area (Å²) < 4.78 is 33.3. The van der Waals surface area contributed by atoms with Crippen molar-refractivity contribution in [3.63, 3.8) is 0 Å². The minimum absolute atomic E-state index is 0.0115. The molecule has 0 amide bonds. The van der Waals surface area contributed by atoms with Crippen LogP contribution in [0.5, 0.6) is 0 Å². The second-order valence-corrected chi connectivity index (χ2v) is 15.4. The number of carbonyl (C=O) groups excluding carboxylic acids is 1. The van der Waals surface area contributed by atoms with Gasteiger partial charge < -0.3 is 24.6 Å². The molecule has 0 spiro atoms. The standard InChI is InChI=1S/C46H79O9P/c1-3-5-7-9-11-13-15-17-19-21-23-25-27-29-31-33-35-37-39-52-42-45(43-54-56(50,51)53-41-44(48)40-47)55-46(49)38-36-34-32-30-28-26-24-22-20-18-16-14-12-10-8-6-4-2/h5,7,11-14,17-20,23,25,29,31,44-45,47-48H,3-4,6,8-10,15-16,21-22,24,26-28,30,32-43H2,1-2H3,(H,50,51)/b7-5-,13-11-,14-12-,19-17-,20-18-,25-23-,31-29-. The first-order valence-electron chi connectivity index (χ1n) is 21.6. The zero-order valence-electron chi connectivity index (χ0n) is 35.1. The Balaban J connectivity index is 4.30. The zero-order valence-corrected chi connectivity index (χ0v) is 36.0. The molecular formula is C46H79O9P. The molecule has 0 aromatic heterocycles. The van der Waals surface area contributed by atoms with E-state index in [9.17, 15) is 19.4 Å². The third-order valence-electron chi connectivity index (χ3n) is 8.56. The van der Waals surface area contributed by atoms with Crippen molar-refractivity contribution >= 4 is 13.8 Å². The lowest BCUT2D eigenvalue weighted by molar-refractivity contribution is -0.154. The second-order valence-electron chi connectivity index (χ2n) is 14.0. The van der Waals surface area contributed by atoms with Crippen LogP contribution in [0.4, 0.5) is 0 Å². The van der Waals surface area contributed by atoms with Crippen LogP contribution in [0.1, 0.15) is 155 Å². The Morgan fingerprint density at radius 2 is 1.02 bits per heavy atom. The molecule has 0 aliphatic rings. The Labute approximate surface area is 341 Å². The van der Waals surface area contributed by atoms with Crippen LogP contribution >= 0.6 is 7.82 Å². The summed E-state index contributed by atoms with van der Waals surface area (Å²) in [4.78, 5) is 22.6. The van der Waals surface area contributed by atoms with Gasteiger partial charge in [-0.05, 0) is 89.9 Å². The lowest BCUT2D eigenvalue weighted by atomic mass is 10.1. The summed E-state index contributed by atoms with van der Waals surface area (Å²) >= 11 is 0. The lowest BCUT2D eigenvalue weighted by Gasteiger charge is -2.20. The summed E-state index contributed by atoms with van der Waals surface area (Å²) in [5.41, 5.74) is 0. The third kappa shape index (κ3) is 41.3. The zero-order chi connectivity index (χ0) is 41.1. The van der Waals surface area contributed by atoms with Crippen LogP contribution in [0, 0.1) is 0 Å². The molecule has 10 heteroatoms. The molecule has 0 aromatic rings. The van der Waals surface area contributed by atoms with Crippen molar-refractivity contribution in [1.29, 1.82) is 0 Å².